The highest BCUT2D eigenvalue weighted by Crippen LogP contribution is 2.33. The highest BCUT2D eigenvalue weighted by molar-refractivity contribution is 5.48. The SMILES string of the molecule is CNC(C)(CO)CN1CCc2cc(OC)c(OC)cc2C1. The molecule has 0 amide bonds. The molecular weight excluding hydrogens is 268 g/mol. The lowest BCUT2D eigenvalue weighted by molar-refractivity contribution is 0.119. The van der Waals surface area contributed by atoms with Crippen LogP contribution in [0.5, 0.6) is 11.5 Å². The van der Waals surface area contributed by atoms with E-state index < -0.39 is 0 Å². The molecule has 2 N–H and O–H groups in total. The molecule has 1 aromatic rings. The molecule has 0 aromatic heterocycles. The molecule has 1 aliphatic heterocycles. The topological polar surface area (TPSA) is 54.0 Å². The summed E-state index contributed by atoms with van der Waals surface area (Å²) in [6, 6.07) is 4.14. The molecule has 0 fully saturated rings. The third kappa shape index (κ3) is 3.48. The lowest BCUT2D eigenvalue weighted by atomic mass is 9.96. The standard InChI is InChI=1S/C16H26N2O3/c1-16(11-19,17-2)10-18-6-5-12-7-14(20-3)15(21-4)8-13(12)9-18/h7-8,17,19H,5-6,9-11H2,1-4H3. The predicted molar refractivity (Wildman–Crippen MR) is 83.1 cm³/mol. The van der Waals surface area contributed by atoms with Crippen LogP contribution < -0.4 is 14.8 Å². The van der Waals surface area contributed by atoms with Gasteiger partial charge in [-0.05, 0) is 43.7 Å². The van der Waals surface area contributed by atoms with Gasteiger partial charge < -0.3 is 19.9 Å². The van der Waals surface area contributed by atoms with Gasteiger partial charge in [-0.15, -0.1) is 0 Å². The minimum Gasteiger partial charge on any atom is -0.493 e. The second-order valence-corrected chi connectivity index (χ2v) is 5.91. The molecule has 0 saturated carbocycles. The summed E-state index contributed by atoms with van der Waals surface area (Å²) in [5, 5.41) is 12.7. The van der Waals surface area contributed by atoms with E-state index in [1.54, 1.807) is 14.2 Å². The van der Waals surface area contributed by atoms with Crippen molar-refractivity contribution < 1.29 is 14.6 Å². The Kier molecular flexibility index (Phi) is 5.08. The summed E-state index contributed by atoms with van der Waals surface area (Å²) in [5.74, 6) is 1.57. The van der Waals surface area contributed by atoms with Gasteiger partial charge in [0.1, 0.15) is 0 Å². The number of hydrogen-bond acceptors (Lipinski definition) is 5. The Hall–Kier alpha value is -1.30. The number of fused-ring (bicyclic) bond motifs is 1. The van der Waals surface area contributed by atoms with Crippen molar-refractivity contribution in [3.8, 4) is 11.5 Å². The Morgan fingerprint density at radius 2 is 1.86 bits per heavy atom. The van der Waals surface area contributed by atoms with Gasteiger partial charge in [0, 0.05) is 19.6 Å². The first-order chi connectivity index (χ1) is 10.0. The lowest BCUT2D eigenvalue weighted by Crippen LogP contribution is -2.53. The highest BCUT2D eigenvalue weighted by Gasteiger charge is 2.27. The zero-order chi connectivity index (χ0) is 15.5. The Morgan fingerprint density at radius 1 is 1.24 bits per heavy atom. The summed E-state index contributed by atoms with van der Waals surface area (Å²) in [6.07, 6.45) is 0.987. The first kappa shape index (κ1) is 16.1. The molecule has 5 heteroatoms. The second kappa shape index (κ2) is 6.64. The second-order valence-electron chi connectivity index (χ2n) is 5.91. The maximum absolute atomic E-state index is 9.54. The van der Waals surface area contributed by atoms with Crippen LogP contribution in [0.3, 0.4) is 0 Å². The van der Waals surface area contributed by atoms with Crippen LogP contribution in [0.2, 0.25) is 0 Å². The number of hydrogen-bond donors (Lipinski definition) is 2. The van der Waals surface area contributed by atoms with Crippen LogP contribution >= 0.6 is 0 Å². The van der Waals surface area contributed by atoms with Gasteiger partial charge in [0.05, 0.1) is 26.4 Å². The van der Waals surface area contributed by atoms with Crippen LogP contribution in [0, 0.1) is 0 Å². The number of nitrogens with one attached hydrogen (secondary N) is 1. The smallest absolute Gasteiger partial charge is 0.161 e. The van der Waals surface area contributed by atoms with Crippen LogP contribution in [0.4, 0.5) is 0 Å². The van der Waals surface area contributed by atoms with E-state index in [-0.39, 0.29) is 12.1 Å². The predicted octanol–water partition coefficient (Wildman–Crippen LogP) is 1.03. The van der Waals surface area contributed by atoms with Crippen molar-refractivity contribution in [2.45, 2.75) is 25.4 Å². The molecule has 0 spiro atoms. The summed E-state index contributed by atoms with van der Waals surface area (Å²) in [6.45, 7) is 4.83. The van der Waals surface area contributed by atoms with Crippen LogP contribution in [0.15, 0.2) is 12.1 Å². The average Bonchev–Trinajstić information content (AvgIpc) is 2.53. The molecule has 1 aromatic carbocycles. The van der Waals surface area contributed by atoms with Gasteiger partial charge in [-0.25, -0.2) is 0 Å². The molecule has 1 unspecified atom stereocenters. The number of rotatable bonds is 6. The van der Waals surface area contributed by atoms with Gasteiger partial charge >= 0.3 is 0 Å². The van der Waals surface area contributed by atoms with Gasteiger partial charge in [-0.1, -0.05) is 0 Å². The number of benzene rings is 1. The number of aliphatic hydroxyl groups excluding tert-OH is 1. The molecule has 5 nitrogen and oxygen atoms in total. The minimum absolute atomic E-state index is 0.124. The quantitative estimate of drug-likeness (QED) is 0.821. The maximum Gasteiger partial charge on any atom is 0.161 e. The number of ether oxygens (including phenoxy) is 2. The number of likely N-dealkylation sites (N-methyl/N-ethyl adjacent to an activating group) is 1. The summed E-state index contributed by atoms with van der Waals surface area (Å²) >= 11 is 0. The van der Waals surface area contributed by atoms with Crippen molar-refractivity contribution in [1.82, 2.24) is 10.2 Å². The summed E-state index contributed by atoms with van der Waals surface area (Å²) in [5.41, 5.74) is 2.32. The fraction of sp³-hybridized carbons (Fsp3) is 0.625. The molecule has 0 radical (unpaired) electrons. The van der Waals surface area contributed by atoms with Crippen LogP contribution in [-0.4, -0.2) is 56.5 Å². The number of nitrogens with zero attached hydrogens (tertiary/aromatic N) is 1. The van der Waals surface area contributed by atoms with E-state index in [2.05, 4.69) is 22.3 Å². The molecule has 118 valence electrons. The summed E-state index contributed by atoms with van der Waals surface area (Å²) in [4.78, 5) is 2.36. The van der Waals surface area contributed by atoms with Crippen LogP contribution in [0.25, 0.3) is 0 Å². The largest absolute Gasteiger partial charge is 0.493 e. The first-order valence-corrected chi connectivity index (χ1v) is 7.31. The molecular formula is C16H26N2O3. The fourth-order valence-electron chi connectivity index (χ4n) is 2.78. The fourth-order valence-corrected chi connectivity index (χ4v) is 2.78. The van der Waals surface area contributed by atoms with Gasteiger partial charge in [0.25, 0.3) is 0 Å². The molecule has 2 rings (SSSR count). The Morgan fingerprint density at radius 3 is 2.38 bits per heavy atom. The average molecular weight is 294 g/mol. The van der Waals surface area contributed by atoms with Crippen LogP contribution in [-0.2, 0) is 13.0 Å². The highest BCUT2D eigenvalue weighted by atomic mass is 16.5. The van der Waals surface area contributed by atoms with Crippen molar-refractivity contribution >= 4 is 0 Å². The molecule has 0 saturated heterocycles. The lowest BCUT2D eigenvalue weighted by Gasteiger charge is -2.37. The van der Waals surface area contributed by atoms with E-state index in [4.69, 9.17) is 9.47 Å². The molecule has 1 aliphatic rings. The van der Waals surface area contributed by atoms with Gasteiger partial charge in [-0.3, -0.25) is 4.90 Å². The maximum atomic E-state index is 9.54. The van der Waals surface area contributed by atoms with E-state index in [1.807, 2.05) is 14.0 Å². The molecule has 1 atom stereocenters. The monoisotopic (exact) mass is 294 g/mol. The van der Waals surface area contributed by atoms with Crippen LogP contribution in [0.1, 0.15) is 18.1 Å². The molecule has 0 bridgehead atoms. The number of aliphatic hydroxyl groups is 1. The van der Waals surface area contributed by atoms with Crippen molar-refractivity contribution in [2.24, 2.45) is 0 Å². The Labute approximate surface area is 126 Å². The summed E-state index contributed by atoms with van der Waals surface area (Å²) < 4.78 is 10.7. The van der Waals surface area contributed by atoms with Crippen molar-refractivity contribution in [2.75, 3.05) is 41.0 Å². The third-order valence-corrected chi connectivity index (χ3v) is 4.32. The van der Waals surface area contributed by atoms with E-state index in [1.165, 1.54) is 11.1 Å². The number of methoxy groups -OCH3 is 2. The normalized spacial score (nSPS) is 18.0. The Balaban J connectivity index is 2.16. The minimum atomic E-state index is -0.270. The zero-order valence-electron chi connectivity index (χ0n) is 13.4. The van der Waals surface area contributed by atoms with E-state index in [0.29, 0.717) is 0 Å². The van der Waals surface area contributed by atoms with E-state index in [9.17, 15) is 5.11 Å². The molecule has 0 aliphatic carbocycles. The van der Waals surface area contributed by atoms with Crippen molar-refractivity contribution in [3.63, 3.8) is 0 Å². The first-order valence-electron chi connectivity index (χ1n) is 7.31. The van der Waals surface area contributed by atoms with Crippen molar-refractivity contribution in [3.05, 3.63) is 23.3 Å². The summed E-state index contributed by atoms with van der Waals surface area (Å²) in [7, 11) is 5.22. The Bertz CT molecular complexity index is 487. The zero-order valence-corrected chi connectivity index (χ0v) is 13.4. The van der Waals surface area contributed by atoms with Crippen molar-refractivity contribution in [1.29, 1.82) is 0 Å². The van der Waals surface area contributed by atoms with E-state index in [0.717, 1.165) is 37.6 Å². The van der Waals surface area contributed by atoms with Gasteiger partial charge in [-0.2, -0.15) is 0 Å². The molecule has 21 heavy (non-hydrogen) atoms. The van der Waals surface area contributed by atoms with Gasteiger partial charge in [0.2, 0.25) is 0 Å². The van der Waals surface area contributed by atoms with Gasteiger partial charge in [0.15, 0.2) is 11.5 Å². The van der Waals surface area contributed by atoms with E-state index >= 15 is 0 Å². The molecule has 1 heterocycles. The third-order valence-electron chi connectivity index (χ3n) is 4.32.